The summed E-state index contributed by atoms with van der Waals surface area (Å²) in [5.74, 6) is 0.616. The number of benzene rings is 1. The van der Waals surface area contributed by atoms with E-state index in [2.05, 4.69) is 30.6 Å². The standard InChI is InChI=1S/C45H53F2N11O5/c1-27-2-3-29(21-35(27)55-16-9-38(60)51-44(55)63)43(62)54-18-12-45(13-19-54)10-4-28(5-11-45)24-53-14-6-31(7-15-53)58-26-34(39(52-58)40(46)47)49-42(61)33-23-48-57-17-8-37(50-41(33)57)56-25-30-20-32(56)22-36(30)59/h2-3,8,17,21,23,26,28,30-32,40H,4-7,9-16,18-20,22,24-25H2,1H3,(H,49,61)(H,51,60,63)/t30-,32-/m1/s1. The van der Waals surface area contributed by atoms with Crippen molar-refractivity contribution in [3.05, 3.63) is 65.2 Å². The van der Waals surface area contributed by atoms with Crippen LogP contribution in [-0.2, 0) is 9.59 Å². The van der Waals surface area contributed by atoms with Crippen molar-refractivity contribution >= 4 is 52.4 Å². The molecule has 1 spiro atoms. The predicted octanol–water partition coefficient (Wildman–Crippen LogP) is 5.79. The second-order valence-corrected chi connectivity index (χ2v) is 18.7. The zero-order valence-electron chi connectivity index (χ0n) is 35.5. The molecule has 6 aliphatic rings. The molecule has 0 unspecified atom stereocenters. The Bertz CT molecular complexity index is 2460. The van der Waals surface area contributed by atoms with E-state index in [1.165, 1.54) is 21.8 Å². The minimum Gasteiger partial charge on any atom is -0.352 e. The predicted molar refractivity (Wildman–Crippen MR) is 228 cm³/mol. The SMILES string of the molecule is Cc1ccc(C(=O)N2CCC3(CCC(CN4CCC(n5cc(NC(=O)c6cnn7ccc(N8C[C@H]9C[C@@H]8CC9=O)nc67)c(C(F)F)n5)CC4)CC3)CC2)cc1N1CCC(=O)NC1=O. The first-order valence-electron chi connectivity index (χ1n) is 22.5. The number of imide groups is 1. The van der Waals surface area contributed by atoms with Crippen LogP contribution in [0.2, 0.25) is 0 Å². The molecule has 2 aliphatic carbocycles. The number of piperidine rings is 3. The van der Waals surface area contributed by atoms with Crippen molar-refractivity contribution in [1.82, 2.24) is 39.5 Å². The highest BCUT2D eigenvalue weighted by atomic mass is 19.3. The number of amides is 5. The van der Waals surface area contributed by atoms with Gasteiger partial charge in [-0.05, 0) is 99.8 Å². The second kappa shape index (κ2) is 16.4. The van der Waals surface area contributed by atoms with E-state index in [1.807, 2.05) is 30.0 Å². The third-order valence-corrected chi connectivity index (χ3v) is 14.9. The van der Waals surface area contributed by atoms with E-state index in [0.717, 1.165) is 83.0 Å². The molecule has 2 N–H and O–H groups in total. The van der Waals surface area contributed by atoms with Crippen LogP contribution in [0.3, 0.4) is 0 Å². The average molecular weight is 866 g/mol. The summed E-state index contributed by atoms with van der Waals surface area (Å²) >= 11 is 0. The summed E-state index contributed by atoms with van der Waals surface area (Å²) in [4.78, 5) is 76.3. The minimum atomic E-state index is -2.88. The van der Waals surface area contributed by atoms with Crippen LogP contribution in [0.25, 0.3) is 5.65 Å². The fraction of sp³-hybridized carbons (Fsp3) is 0.556. The van der Waals surface area contributed by atoms with Gasteiger partial charge in [0, 0.05) is 94.3 Å². The Morgan fingerprint density at radius 1 is 0.968 bits per heavy atom. The van der Waals surface area contributed by atoms with Gasteiger partial charge in [0.05, 0.1) is 17.9 Å². The molecule has 4 aliphatic heterocycles. The van der Waals surface area contributed by atoms with Gasteiger partial charge in [-0.3, -0.25) is 34.1 Å². The van der Waals surface area contributed by atoms with Gasteiger partial charge in [0.15, 0.2) is 11.3 Å². The van der Waals surface area contributed by atoms with Crippen LogP contribution in [0.1, 0.15) is 115 Å². The Kier molecular flexibility index (Phi) is 10.7. The smallest absolute Gasteiger partial charge is 0.328 e. The highest BCUT2D eigenvalue weighted by molar-refractivity contribution is 6.08. The van der Waals surface area contributed by atoms with Gasteiger partial charge in [-0.2, -0.15) is 10.2 Å². The summed E-state index contributed by atoms with van der Waals surface area (Å²) in [6.07, 6.45) is 11.3. The number of ketones is 1. The first-order valence-corrected chi connectivity index (χ1v) is 22.5. The fourth-order valence-corrected chi connectivity index (χ4v) is 11.1. The van der Waals surface area contributed by atoms with Crippen molar-refractivity contribution in [2.45, 2.75) is 96.1 Å². The van der Waals surface area contributed by atoms with Crippen molar-refractivity contribution in [2.24, 2.45) is 17.3 Å². The second-order valence-electron chi connectivity index (χ2n) is 18.7. The molecule has 6 fully saturated rings. The van der Waals surface area contributed by atoms with E-state index in [4.69, 9.17) is 4.98 Å². The first-order chi connectivity index (χ1) is 30.4. The number of rotatable bonds is 9. The zero-order chi connectivity index (χ0) is 43.6. The van der Waals surface area contributed by atoms with Crippen LogP contribution < -0.4 is 20.4 Å². The van der Waals surface area contributed by atoms with Gasteiger partial charge in [-0.1, -0.05) is 6.07 Å². The Morgan fingerprint density at radius 2 is 1.75 bits per heavy atom. The third-order valence-electron chi connectivity index (χ3n) is 14.9. The number of alkyl halides is 2. The summed E-state index contributed by atoms with van der Waals surface area (Å²) in [6.45, 7) is 6.85. The lowest BCUT2D eigenvalue weighted by molar-refractivity contribution is -0.121. The maximum atomic E-state index is 14.3. The molecule has 0 radical (unpaired) electrons. The topological polar surface area (TPSA) is 170 Å². The van der Waals surface area contributed by atoms with E-state index in [9.17, 15) is 32.8 Å². The van der Waals surface area contributed by atoms with E-state index in [1.54, 1.807) is 16.9 Å². The van der Waals surface area contributed by atoms with E-state index in [-0.39, 0.29) is 65.2 Å². The normalized spacial score (nSPS) is 23.4. The Balaban J connectivity index is 0.702. The number of urea groups is 1. The molecule has 2 atom stereocenters. The van der Waals surface area contributed by atoms with Crippen molar-refractivity contribution in [2.75, 3.05) is 60.9 Å². The summed E-state index contributed by atoms with van der Waals surface area (Å²) in [6, 6.07) is 6.84. The number of carbonyl (C=O) groups is 5. The number of Topliss-reactive ketones (excluding diaryl/α,β-unsaturated/α-hetero) is 1. The van der Waals surface area contributed by atoms with Gasteiger partial charge in [-0.15, -0.1) is 0 Å². The minimum absolute atomic E-state index is 0.0111. The molecular formula is C45H53F2N11O5. The number of aromatic nitrogens is 5. The summed E-state index contributed by atoms with van der Waals surface area (Å²) in [5.41, 5.74) is 2.29. The summed E-state index contributed by atoms with van der Waals surface area (Å²) < 4.78 is 31.7. The van der Waals surface area contributed by atoms with Crippen LogP contribution in [0, 0.1) is 24.2 Å². The molecule has 2 saturated carbocycles. The lowest BCUT2D eigenvalue weighted by Gasteiger charge is -2.47. The van der Waals surface area contributed by atoms with Crippen molar-refractivity contribution in [3.8, 4) is 0 Å². The van der Waals surface area contributed by atoms with E-state index in [0.29, 0.717) is 54.7 Å². The lowest BCUT2D eigenvalue weighted by atomic mass is 9.65. The Morgan fingerprint density at radius 3 is 2.44 bits per heavy atom. The van der Waals surface area contributed by atoms with Crippen molar-refractivity contribution < 1.29 is 32.8 Å². The van der Waals surface area contributed by atoms with E-state index >= 15 is 0 Å². The molecule has 1 aromatic carbocycles. The number of aryl methyl sites for hydroxylation is 1. The van der Waals surface area contributed by atoms with Crippen LogP contribution in [0.4, 0.5) is 30.8 Å². The fourth-order valence-electron chi connectivity index (χ4n) is 11.1. The molecule has 332 valence electrons. The van der Waals surface area contributed by atoms with Crippen LogP contribution in [0.15, 0.2) is 42.9 Å². The van der Waals surface area contributed by atoms with Gasteiger partial charge in [-0.25, -0.2) is 23.1 Å². The lowest BCUT2D eigenvalue weighted by Crippen LogP contribution is -2.50. The maximum absolute atomic E-state index is 14.3. The Labute approximate surface area is 363 Å². The molecule has 10 rings (SSSR count). The van der Waals surface area contributed by atoms with Gasteiger partial charge in [0.1, 0.15) is 17.2 Å². The molecule has 18 heteroatoms. The number of fused-ring (bicyclic) bond motifs is 3. The first kappa shape index (κ1) is 41.2. The van der Waals surface area contributed by atoms with Crippen molar-refractivity contribution in [3.63, 3.8) is 0 Å². The summed E-state index contributed by atoms with van der Waals surface area (Å²) in [7, 11) is 0. The van der Waals surface area contributed by atoms with Crippen molar-refractivity contribution in [1.29, 1.82) is 0 Å². The molecule has 2 bridgehead atoms. The van der Waals surface area contributed by atoms with Crippen LogP contribution in [-0.4, -0.2) is 116 Å². The number of hydrogen-bond acceptors (Lipinski definition) is 10. The number of anilines is 3. The number of hydrogen-bond donors (Lipinski definition) is 2. The molecule has 16 nitrogen and oxygen atoms in total. The summed E-state index contributed by atoms with van der Waals surface area (Å²) in [5, 5.41) is 13.6. The molecule has 4 aromatic rings. The zero-order valence-corrected chi connectivity index (χ0v) is 35.5. The largest absolute Gasteiger partial charge is 0.352 e. The number of likely N-dealkylation sites (tertiary alicyclic amines) is 2. The van der Waals surface area contributed by atoms with Gasteiger partial charge in [0.2, 0.25) is 5.91 Å². The van der Waals surface area contributed by atoms with Gasteiger partial charge < -0.3 is 20.0 Å². The third kappa shape index (κ3) is 7.95. The van der Waals surface area contributed by atoms with E-state index < -0.39 is 24.1 Å². The quantitative estimate of drug-likeness (QED) is 0.210. The van der Waals surface area contributed by atoms with Crippen LogP contribution >= 0.6 is 0 Å². The number of halogens is 2. The number of nitrogens with one attached hydrogen (secondary N) is 2. The number of nitrogens with zero attached hydrogens (tertiary/aromatic N) is 9. The average Bonchev–Trinajstić information content (AvgIpc) is 4.09. The number of carbonyl (C=O) groups excluding carboxylic acids is 5. The molecule has 3 aromatic heterocycles. The molecule has 63 heavy (non-hydrogen) atoms. The molecule has 5 amide bonds. The Hall–Kier alpha value is -5.78. The highest BCUT2D eigenvalue weighted by Crippen LogP contribution is 2.47. The molecular weight excluding hydrogens is 813 g/mol. The maximum Gasteiger partial charge on any atom is 0.328 e. The van der Waals surface area contributed by atoms with Gasteiger partial charge in [0.25, 0.3) is 18.2 Å². The highest BCUT2D eigenvalue weighted by Gasteiger charge is 2.45. The molecule has 7 heterocycles. The van der Waals surface area contributed by atoms with Gasteiger partial charge >= 0.3 is 6.03 Å². The molecule has 4 saturated heterocycles. The monoisotopic (exact) mass is 865 g/mol. The van der Waals surface area contributed by atoms with Crippen LogP contribution in [0.5, 0.6) is 0 Å².